The number of nitrogens with zero attached hydrogens (tertiary/aromatic N) is 3. The Hall–Kier alpha value is -3.68. The molecule has 0 unspecified atom stereocenters. The minimum atomic E-state index is -2.75. The first-order chi connectivity index (χ1) is 20.2. The zero-order valence-electron chi connectivity index (χ0n) is 23.9. The molecule has 4 N–H and O–H groups in total. The molecule has 4 aromatic rings. The lowest BCUT2D eigenvalue weighted by molar-refractivity contribution is -0.118. The Balaban J connectivity index is 1.44. The number of nitrogens with one attached hydrogen (secondary N) is 2. The fraction of sp³-hybridized carbons (Fsp3) is 0.400. The minimum absolute atomic E-state index is 0.0154. The van der Waals surface area contributed by atoms with Gasteiger partial charge in [0.05, 0.1) is 12.9 Å². The summed E-state index contributed by atoms with van der Waals surface area (Å²) in [6.07, 6.45) is -1.25. The Morgan fingerprint density at radius 3 is 2.33 bits per heavy atom. The molecule has 1 fully saturated rings. The number of hydrogen-bond acceptors (Lipinski definition) is 8. The molecule has 42 heavy (non-hydrogen) atoms. The highest BCUT2D eigenvalue weighted by Gasteiger charge is 2.47. The van der Waals surface area contributed by atoms with Crippen molar-refractivity contribution in [2.24, 2.45) is 5.92 Å². The average Bonchev–Trinajstić information content (AvgIpc) is 3.54. The number of aromatic amines is 1. The maximum Gasteiger partial charge on any atom is 0.280 e. The van der Waals surface area contributed by atoms with Crippen molar-refractivity contribution in [1.29, 1.82) is 0 Å². The van der Waals surface area contributed by atoms with Crippen molar-refractivity contribution in [3.8, 4) is 0 Å². The summed E-state index contributed by atoms with van der Waals surface area (Å²) in [4.78, 5) is 35.9. The topological polar surface area (TPSA) is 152 Å². The number of carbonyl (C=O) groups excluding carboxylic acids is 1. The van der Waals surface area contributed by atoms with Gasteiger partial charge in [-0.05, 0) is 16.4 Å². The van der Waals surface area contributed by atoms with Gasteiger partial charge in [-0.25, -0.2) is 4.98 Å². The van der Waals surface area contributed by atoms with E-state index in [0.29, 0.717) is 0 Å². The van der Waals surface area contributed by atoms with E-state index in [1.807, 2.05) is 36.4 Å². The molecule has 0 aliphatic carbocycles. The van der Waals surface area contributed by atoms with E-state index in [4.69, 9.17) is 9.16 Å². The molecule has 1 amide bonds. The lowest BCUT2D eigenvalue weighted by atomic mass is 10.1. The molecule has 0 radical (unpaired) electrons. The van der Waals surface area contributed by atoms with Crippen molar-refractivity contribution >= 4 is 41.7 Å². The predicted octanol–water partition coefficient (Wildman–Crippen LogP) is 1.91. The molecule has 4 atom stereocenters. The van der Waals surface area contributed by atoms with Gasteiger partial charge in [-0.3, -0.25) is 24.5 Å². The normalized spacial score (nSPS) is 20.8. The van der Waals surface area contributed by atoms with Crippen LogP contribution >= 0.6 is 0 Å². The number of anilines is 1. The molecule has 3 heterocycles. The highest BCUT2D eigenvalue weighted by molar-refractivity contribution is 6.97. The van der Waals surface area contributed by atoms with E-state index in [0.717, 1.165) is 29.3 Å². The van der Waals surface area contributed by atoms with Crippen molar-refractivity contribution in [1.82, 2.24) is 19.5 Å². The van der Waals surface area contributed by atoms with Gasteiger partial charge in [0.15, 0.2) is 17.4 Å². The molecule has 2 aromatic carbocycles. The summed E-state index contributed by atoms with van der Waals surface area (Å²) in [6, 6.07) is 21.2. The Morgan fingerprint density at radius 1 is 1.10 bits per heavy atom. The quantitative estimate of drug-likeness (QED) is 0.193. The van der Waals surface area contributed by atoms with Gasteiger partial charge in [0.25, 0.3) is 13.9 Å². The molecule has 2 aromatic heterocycles. The Labute approximate surface area is 244 Å². The number of benzene rings is 2. The number of fused-ring (bicyclic) bond motifs is 1. The highest BCUT2D eigenvalue weighted by atomic mass is 28.4. The zero-order valence-corrected chi connectivity index (χ0v) is 24.9. The van der Waals surface area contributed by atoms with E-state index < -0.39 is 38.4 Å². The number of H-pyrrole nitrogens is 1. The van der Waals surface area contributed by atoms with Crippen molar-refractivity contribution in [3.05, 3.63) is 77.3 Å². The van der Waals surface area contributed by atoms with Crippen LogP contribution in [0.15, 0.2) is 71.8 Å². The number of carbonyl (C=O) groups is 1. The van der Waals surface area contributed by atoms with Crippen molar-refractivity contribution in [2.75, 3.05) is 11.9 Å². The molecule has 0 bridgehead atoms. The highest BCUT2D eigenvalue weighted by Crippen LogP contribution is 2.32. The third-order valence-corrected chi connectivity index (χ3v) is 11.9. The van der Waals surface area contributed by atoms with Crippen LogP contribution < -0.4 is 21.2 Å². The minimum Gasteiger partial charge on any atom is -0.405 e. The van der Waals surface area contributed by atoms with Crippen molar-refractivity contribution < 1.29 is 24.2 Å². The van der Waals surface area contributed by atoms with Gasteiger partial charge in [-0.1, -0.05) is 94.3 Å². The molecule has 1 saturated heterocycles. The van der Waals surface area contributed by atoms with Crippen LogP contribution in [-0.4, -0.2) is 68.9 Å². The molecular formula is C30H37N5O6Si. The molecule has 222 valence electrons. The lowest BCUT2D eigenvalue weighted by Crippen LogP contribution is -2.61. The van der Waals surface area contributed by atoms with Crippen LogP contribution in [-0.2, 0) is 14.0 Å². The van der Waals surface area contributed by atoms with Crippen LogP contribution in [0.4, 0.5) is 5.95 Å². The third-order valence-electron chi connectivity index (χ3n) is 7.67. The number of aliphatic hydroxyl groups is 2. The largest absolute Gasteiger partial charge is 0.405 e. The predicted molar refractivity (Wildman–Crippen MR) is 161 cm³/mol. The van der Waals surface area contributed by atoms with Crippen LogP contribution in [0.3, 0.4) is 0 Å². The third kappa shape index (κ3) is 5.81. The maximum atomic E-state index is 12.7. The first-order valence-electron chi connectivity index (χ1n) is 14.3. The number of ether oxygens (including phenoxy) is 1. The van der Waals surface area contributed by atoms with Gasteiger partial charge in [-0.15, -0.1) is 0 Å². The SMILES string of the molecule is CCCC[Si](OC[C@H]1O[C@@H](n2cnc3c(=O)[nH]c(NC(=O)C(C)C)nc32)[C@H](O)[C@@H]1O)(c1ccccc1)c1ccccc1. The number of aromatic nitrogens is 4. The standard InChI is InChI=1S/C30H37N5O6Si/c1-4-5-16-42(20-12-8-6-9-13-20,21-14-10-7-11-15-21)40-17-22-24(36)25(37)29(41-22)35-18-31-23-26(35)32-30(34-28(23)39)33-27(38)19(2)3/h6-15,18-19,22,24-25,29,36-37H,4-5,16-17H2,1-3H3,(H2,32,33,34,38,39)/t22-,24-,25-,29-/m1/s1. The fourth-order valence-corrected chi connectivity index (χ4v) is 9.44. The summed E-state index contributed by atoms with van der Waals surface area (Å²) < 4.78 is 14.5. The van der Waals surface area contributed by atoms with Crippen LogP contribution in [0, 0.1) is 5.92 Å². The zero-order chi connectivity index (χ0) is 29.9. The van der Waals surface area contributed by atoms with Gasteiger partial charge < -0.3 is 19.4 Å². The van der Waals surface area contributed by atoms with E-state index in [9.17, 15) is 19.8 Å². The number of aliphatic hydroxyl groups excluding tert-OH is 2. The summed E-state index contributed by atoms with van der Waals surface area (Å²) in [6.45, 7) is 5.63. The fourth-order valence-electron chi connectivity index (χ4n) is 5.29. The van der Waals surface area contributed by atoms with Crippen LogP contribution in [0.5, 0.6) is 0 Å². The van der Waals surface area contributed by atoms with E-state index in [2.05, 4.69) is 51.5 Å². The Bertz CT molecular complexity index is 1520. The van der Waals surface area contributed by atoms with Crippen molar-refractivity contribution in [2.45, 2.75) is 64.2 Å². The summed E-state index contributed by atoms with van der Waals surface area (Å²) in [5.41, 5.74) is -0.430. The van der Waals surface area contributed by atoms with E-state index in [-0.39, 0.29) is 35.5 Å². The number of amides is 1. The van der Waals surface area contributed by atoms with E-state index >= 15 is 0 Å². The molecule has 1 aliphatic heterocycles. The molecule has 5 rings (SSSR count). The van der Waals surface area contributed by atoms with Gasteiger partial charge in [0.2, 0.25) is 11.9 Å². The molecule has 0 saturated carbocycles. The van der Waals surface area contributed by atoms with E-state index in [1.165, 1.54) is 10.9 Å². The first-order valence-corrected chi connectivity index (χ1v) is 16.4. The van der Waals surface area contributed by atoms with Gasteiger partial charge in [0.1, 0.15) is 18.3 Å². The Kier molecular flexibility index (Phi) is 8.99. The molecular weight excluding hydrogens is 554 g/mol. The summed E-state index contributed by atoms with van der Waals surface area (Å²) >= 11 is 0. The summed E-state index contributed by atoms with van der Waals surface area (Å²) in [5.74, 6) is -0.689. The van der Waals surface area contributed by atoms with Crippen LogP contribution in [0.25, 0.3) is 11.2 Å². The van der Waals surface area contributed by atoms with Gasteiger partial charge in [0, 0.05) is 5.92 Å². The van der Waals surface area contributed by atoms with Crippen molar-refractivity contribution in [3.63, 3.8) is 0 Å². The second-order valence-corrected chi connectivity index (χ2v) is 14.5. The van der Waals surface area contributed by atoms with E-state index in [1.54, 1.807) is 13.8 Å². The molecule has 11 nitrogen and oxygen atoms in total. The average molecular weight is 592 g/mol. The smallest absolute Gasteiger partial charge is 0.280 e. The molecule has 12 heteroatoms. The number of rotatable bonds is 11. The number of unbranched alkanes of at least 4 members (excludes halogenated alkanes) is 1. The first kappa shape index (κ1) is 29.8. The molecule has 1 aliphatic rings. The van der Waals surface area contributed by atoms with Gasteiger partial charge in [-0.2, -0.15) is 4.98 Å². The van der Waals surface area contributed by atoms with Crippen LogP contribution in [0.1, 0.15) is 39.8 Å². The lowest BCUT2D eigenvalue weighted by Gasteiger charge is -2.34. The second kappa shape index (κ2) is 12.7. The maximum absolute atomic E-state index is 12.7. The monoisotopic (exact) mass is 591 g/mol. The Morgan fingerprint density at radius 2 is 1.74 bits per heavy atom. The number of hydrogen-bond donors (Lipinski definition) is 4. The van der Waals surface area contributed by atoms with Crippen LogP contribution in [0.2, 0.25) is 6.04 Å². The summed E-state index contributed by atoms with van der Waals surface area (Å²) in [5, 5.41) is 27.0. The molecule has 0 spiro atoms. The van der Waals surface area contributed by atoms with Gasteiger partial charge >= 0.3 is 0 Å². The second-order valence-electron chi connectivity index (χ2n) is 10.9. The number of imidazole rings is 1. The summed E-state index contributed by atoms with van der Waals surface area (Å²) in [7, 11) is -2.75.